The molecule has 0 aliphatic carbocycles. The van der Waals surface area contributed by atoms with E-state index in [-0.39, 0.29) is 18.2 Å². The van der Waals surface area contributed by atoms with E-state index in [1.54, 1.807) is 19.2 Å². The summed E-state index contributed by atoms with van der Waals surface area (Å²) in [6, 6.07) is 27.0. The minimum Gasteiger partial charge on any atom is -0.497 e. The molecule has 1 fully saturated rings. The quantitative estimate of drug-likeness (QED) is 0.277. The average molecular weight is 520 g/mol. The first-order valence-corrected chi connectivity index (χ1v) is 13.0. The van der Waals surface area contributed by atoms with Crippen molar-refractivity contribution < 1.29 is 14.3 Å². The highest BCUT2D eigenvalue weighted by molar-refractivity contribution is 8.00. The first-order chi connectivity index (χ1) is 18.4. The Morgan fingerprint density at radius 3 is 2.13 bits per heavy atom. The summed E-state index contributed by atoms with van der Waals surface area (Å²) in [6.07, 6.45) is 0.0382. The van der Waals surface area contributed by atoms with E-state index >= 15 is 0 Å². The third kappa shape index (κ3) is 4.91. The van der Waals surface area contributed by atoms with Gasteiger partial charge in [-0.3, -0.25) is 9.59 Å². The molecule has 3 aromatic carbocycles. The second-order valence-electron chi connectivity index (χ2n) is 9.16. The molecule has 188 valence electrons. The van der Waals surface area contributed by atoms with Crippen LogP contribution in [0.2, 0.25) is 0 Å². The van der Waals surface area contributed by atoms with E-state index in [1.807, 2.05) is 80.6 Å². The fraction of sp³-hybridized carbons (Fsp3) is 0.161. The number of aryl methyl sites for hydroxylation is 2. The maximum absolute atomic E-state index is 13.4. The molecule has 1 aromatic heterocycles. The van der Waals surface area contributed by atoms with E-state index < -0.39 is 5.25 Å². The Kier molecular flexibility index (Phi) is 6.99. The Bertz CT molecular complexity index is 1560. The van der Waals surface area contributed by atoms with Gasteiger partial charge in [0.05, 0.1) is 29.3 Å². The molecule has 0 unspecified atom stereocenters. The number of carbonyl (C=O) groups is 2. The lowest BCUT2D eigenvalue weighted by Crippen LogP contribution is -2.31. The van der Waals surface area contributed by atoms with Crippen molar-refractivity contribution in [3.05, 3.63) is 95.6 Å². The van der Waals surface area contributed by atoms with Gasteiger partial charge in [0.2, 0.25) is 11.8 Å². The molecule has 1 aliphatic rings. The molecule has 0 saturated carbocycles. The topological polar surface area (TPSA) is 83.3 Å². The molecule has 0 radical (unpaired) electrons. The minimum absolute atomic E-state index is 0.0382. The van der Waals surface area contributed by atoms with E-state index in [1.165, 1.54) is 16.7 Å². The van der Waals surface area contributed by atoms with Gasteiger partial charge in [0.1, 0.15) is 16.8 Å². The lowest BCUT2D eigenvalue weighted by molar-refractivity contribution is -0.121. The smallest absolute Gasteiger partial charge is 0.247 e. The van der Waals surface area contributed by atoms with Crippen LogP contribution in [0, 0.1) is 25.2 Å². The van der Waals surface area contributed by atoms with Crippen LogP contribution in [0.15, 0.2) is 83.9 Å². The number of imide groups is 1. The van der Waals surface area contributed by atoms with Gasteiger partial charge >= 0.3 is 0 Å². The van der Waals surface area contributed by atoms with Crippen molar-refractivity contribution in [2.24, 2.45) is 0 Å². The lowest BCUT2D eigenvalue weighted by Gasteiger charge is -2.16. The Hall–Kier alpha value is -4.41. The number of ether oxygens (including phenoxy) is 1. The number of hydrogen-bond acceptors (Lipinski definition) is 6. The standard InChI is InChI=1S/C31H25N3O3S/c1-19-4-8-21(9-5-19)25-16-27(22-10-14-24(37-3)15-11-22)33-30(26(25)18-32)38-28-17-29(35)34(31(28)36)23-12-6-20(2)7-13-23/h4-16,28H,17H2,1-3H3/t28-/m1/s1. The molecule has 1 atom stereocenters. The number of nitrogens with zero attached hydrogens (tertiary/aromatic N) is 3. The number of aromatic nitrogens is 1. The molecule has 1 saturated heterocycles. The van der Waals surface area contributed by atoms with Crippen LogP contribution in [0.4, 0.5) is 5.69 Å². The Morgan fingerprint density at radius 2 is 1.53 bits per heavy atom. The SMILES string of the molecule is COc1ccc(-c2cc(-c3ccc(C)cc3)c(C#N)c(S[C@@H]3CC(=O)N(c4ccc(C)cc4)C3=O)n2)cc1. The van der Waals surface area contributed by atoms with Crippen LogP contribution in [0.3, 0.4) is 0 Å². The van der Waals surface area contributed by atoms with Crippen LogP contribution in [0.5, 0.6) is 5.75 Å². The van der Waals surface area contributed by atoms with Crippen LogP contribution >= 0.6 is 11.8 Å². The van der Waals surface area contributed by atoms with Gasteiger partial charge < -0.3 is 4.74 Å². The van der Waals surface area contributed by atoms with Gasteiger partial charge in [-0.15, -0.1) is 0 Å². The third-order valence-corrected chi connectivity index (χ3v) is 7.67. The molecule has 4 aromatic rings. The molecule has 0 bridgehead atoms. The summed E-state index contributed by atoms with van der Waals surface area (Å²) < 4.78 is 5.29. The number of thioether (sulfide) groups is 1. The molecule has 0 N–H and O–H groups in total. The highest BCUT2D eigenvalue weighted by atomic mass is 32.2. The first-order valence-electron chi connectivity index (χ1n) is 12.1. The molecule has 2 heterocycles. The predicted octanol–water partition coefficient (Wildman–Crippen LogP) is 6.34. The number of pyridine rings is 1. The van der Waals surface area contributed by atoms with Gasteiger partial charge in [0.15, 0.2) is 0 Å². The molecule has 2 amide bonds. The number of carbonyl (C=O) groups excluding carboxylic acids is 2. The van der Waals surface area contributed by atoms with Crippen LogP contribution in [-0.2, 0) is 9.59 Å². The summed E-state index contributed by atoms with van der Waals surface area (Å²) in [5.74, 6) is 0.156. The predicted molar refractivity (Wildman–Crippen MR) is 149 cm³/mol. The fourth-order valence-electron chi connectivity index (χ4n) is 4.38. The van der Waals surface area contributed by atoms with Crippen molar-refractivity contribution in [3.63, 3.8) is 0 Å². The zero-order chi connectivity index (χ0) is 26.8. The third-order valence-electron chi connectivity index (χ3n) is 6.50. The lowest BCUT2D eigenvalue weighted by atomic mass is 9.98. The summed E-state index contributed by atoms with van der Waals surface area (Å²) in [5, 5.41) is 9.95. The summed E-state index contributed by atoms with van der Waals surface area (Å²) in [6.45, 7) is 3.96. The summed E-state index contributed by atoms with van der Waals surface area (Å²) in [7, 11) is 1.61. The molecule has 5 rings (SSSR count). The number of nitriles is 1. The van der Waals surface area contributed by atoms with E-state index in [0.29, 0.717) is 22.0 Å². The van der Waals surface area contributed by atoms with Gasteiger partial charge in [-0.1, -0.05) is 59.3 Å². The van der Waals surface area contributed by atoms with Gasteiger partial charge in [-0.2, -0.15) is 5.26 Å². The molecule has 6 nitrogen and oxygen atoms in total. The molecule has 0 spiro atoms. The van der Waals surface area contributed by atoms with Crippen LogP contribution in [-0.4, -0.2) is 29.2 Å². The summed E-state index contributed by atoms with van der Waals surface area (Å²) in [4.78, 5) is 32.3. The molecule has 38 heavy (non-hydrogen) atoms. The first kappa shape index (κ1) is 25.2. The molecular weight excluding hydrogens is 494 g/mol. The van der Waals surface area contributed by atoms with Crippen molar-refractivity contribution >= 4 is 29.3 Å². The fourth-order valence-corrected chi connectivity index (χ4v) is 5.51. The van der Waals surface area contributed by atoms with Crippen LogP contribution in [0.1, 0.15) is 23.1 Å². The van der Waals surface area contributed by atoms with Crippen molar-refractivity contribution in [3.8, 4) is 34.2 Å². The molecule has 7 heteroatoms. The zero-order valence-electron chi connectivity index (χ0n) is 21.3. The van der Waals surface area contributed by atoms with Gasteiger partial charge in [-0.25, -0.2) is 9.88 Å². The second-order valence-corrected chi connectivity index (χ2v) is 10.3. The van der Waals surface area contributed by atoms with Crippen molar-refractivity contribution in [1.82, 2.24) is 4.98 Å². The van der Waals surface area contributed by atoms with Crippen molar-refractivity contribution in [1.29, 1.82) is 5.26 Å². The summed E-state index contributed by atoms with van der Waals surface area (Å²) >= 11 is 1.17. The number of rotatable bonds is 6. The van der Waals surface area contributed by atoms with Crippen LogP contribution in [0.25, 0.3) is 22.4 Å². The van der Waals surface area contributed by atoms with Gasteiger partial charge in [0, 0.05) is 17.5 Å². The zero-order valence-corrected chi connectivity index (χ0v) is 22.1. The maximum atomic E-state index is 13.4. The molecular formula is C31H25N3O3S. The van der Waals surface area contributed by atoms with E-state index in [0.717, 1.165) is 33.6 Å². The van der Waals surface area contributed by atoms with E-state index in [4.69, 9.17) is 9.72 Å². The van der Waals surface area contributed by atoms with Gasteiger partial charge in [0.25, 0.3) is 0 Å². The van der Waals surface area contributed by atoms with Crippen molar-refractivity contribution in [2.75, 3.05) is 12.0 Å². The summed E-state index contributed by atoms with van der Waals surface area (Å²) in [5.41, 5.74) is 6.19. The Labute approximate surface area is 225 Å². The Balaban J connectivity index is 1.57. The monoisotopic (exact) mass is 519 g/mol. The second kappa shape index (κ2) is 10.5. The number of methoxy groups -OCH3 is 1. The largest absolute Gasteiger partial charge is 0.497 e. The number of benzene rings is 3. The van der Waals surface area contributed by atoms with E-state index in [2.05, 4.69) is 6.07 Å². The average Bonchev–Trinajstić information content (AvgIpc) is 3.21. The number of amides is 2. The number of hydrogen-bond donors (Lipinski definition) is 0. The van der Waals surface area contributed by atoms with Crippen molar-refractivity contribution in [2.45, 2.75) is 30.5 Å². The number of anilines is 1. The minimum atomic E-state index is -0.680. The normalized spacial score (nSPS) is 15.0. The van der Waals surface area contributed by atoms with Crippen LogP contribution < -0.4 is 9.64 Å². The Morgan fingerprint density at radius 1 is 0.921 bits per heavy atom. The highest BCUT2D eigenvalue weighted by Gasteiger charge is 2.41. The van der Waals surface area contributed by atoms with E-state index in [9.17, 15) is 14.9 Å². The van der Waals surface area contributed by atoms with Gasteiger partial charge in [-0.05, 0) is 61.9 Å². The maximum Gasteiger partial charge on any atom is 0.247 e. The highest BCUT2D eigenvalue weighted by Crippen LogP contribution is 2.39. The molecule has 1 aliphatic heterocycles.